The Morgan fingerprint density at radius 1 is 1.21 bits per heavy atom. The van der Waals surface area contributed by atoms with Crippen LogP contribution in [0.2, 0.25) is 0 Å². The minimum Gasteiger partial charge on any atom is -0.486 e. The van der Waals surface area contributed by atoms with E-state index in [0.717, 1.165) is 5.75 Å². The quantitative estimate of drug-likeness (QED) is 0.641. The molecule has 0 aliphatic carbocycles. The zero-order valence-electron chi connectivity index (χ0n) is 14.8. The fourth-order valence-corrected chi connectivity index (χ4v) is 3.03. The van der Waals surface area contributed by atoms with E-state index in [1.54, 1.807) is 0 Å². The Bertz CT molecular complexity index is 551. The van der Waals surface area contributed by atoms with Gasteiger partial charge in [-0.3, -0.25) is 0 Å². The van der Waals surface area contributed by atoms with Gasteiger partial charge in [-0.1, -0.05) is 19.1 Å². The zero-order valence-corrected chi connectivity index (χ0v) is 14.8. The number of fused-ring (bicyclic) bond motifs is 1. The average molecular weight is 333 g/mol. The van der Waals surface area contributed by atoms with Crippen molar-refractivity contribution in [3.8, 4) is 17.6 Å². The molecule has 0 bridgehead atoms. The van der Waals surface area contributed by atoms with E-state index in [-0.39, 0.29) is 12.4 Å². The van der Waals surface area contributed by atoms with Crippen molar-refractivity contribution in [1.29, 1.82) is 5.26 Å². The number of nitrogens with zero attached hydrogens (tertiary/aromatic N) is 1. The molecule has 0 aromatic heterocycles. The molecule has 0 saturated carbocycles. The summed E-state index contributed by atoms with van der Waals surface area (Å²) >= 11 is 0. The fourth-order valence-electron chi connectivity index (χ4n) is 3.03. The third kappa shape index (κ3) is 4.19. The summed E-state index contributed by atoms with van der Waals surface area (Å²) in [6.07, 6.45) is 1.40. The lowest BCUT2D eigenvalue weighted by atomic mass is 9.76. The van der Waals surface area contributed by atoms with Crippen LogP contribution in [-0.2, 0) is 9.47 Å². The van der Waals surface area contributed by atoms with Crippen molar-refractivity contribution in [3.63, 3.8) is 0 Å². The monoisotopic (exact) mass is 333 g/mol. The fraction of sp³-hybridized carbons (Fsp3) is 0.632. The Kier molecular flexibility index (Phi) is 6.89. The molecular weight excluding hydrogens is 306 g/mol. The Morgan fingerprint density at radius 2 is 1.88 bits per heavy atom. The highest BCUT2D eigenvalue weighted by Gasteiger charge is 2.42. The van der Waals surface area contributed by atoms with Gasteiger partial charge < -0.3 is 18.9 Å². The number of nitriles is 1. The Morgan fingerprint density at radius 3 is 2.46 bits per heavy atom. The maximum atomic E-state index is 9.88. The molecule has 1 aliphatic heterocycles. The largest absolute Gasteiger partial charge is 0.486 e. The summed E-state index contributed by atoms with van der Waals surface area (Å²) in [7, 11) is 0. The van der Waals surface area contributed by atoms with Gasteiger partial charge >= 0.3 is 0 Å². The molecule has 0 radical (unpaired) electrons. The highest BCUT2D eigenvalue weighted by Crippen LogP contribution is 2.40. The summed E-state index contributed by atoms with van der Waals surface area (Å²) in [4.78, 5) is 0. The van der Waals surface area contributed by atoms with Gasteiger partial charge in [-0.2, -0.15) is 5.26 Å². The SMILES string of the molecule is CCOC(CCC(C#N)(CC)C1COc2ccccc2O1)OCC. The minimum absolute atomic E-state index is 0.281. The van der Waals surface area contributed by atoms with E-state index in [9.17, 15) is 5.26 Å². The van der Waals surface area contributed by atoms with E-state index < -0.39 is 5.41 Å². The molecule has 0 amide bonds. The van der Waals surface area contributed by atoms with E-state index >= 15 is 0 Å². The molecule has 24 heavy (non-hydrogen) atoms. The van der Waals surface area contributed by atoms with Crippen LogP contribution >= 0.6 is 0 Å². The smallest absolute Gasteiger partial charge is 0.161 e. The topological polar surface area (TPSA) is 60.7 Å². The summed E-state index contributed by atoms with van der Waals surface area (Å²) in [6, 6.07) is 10.1. The van der Waals surface area contributed by atoms with E-state index in [0.29, 0.717) is 44.8 Å². The van der Waals surface area contributed by atoms with Crippen LogP contribution in [0.1, 0.15) is 40.0 Å². The molecule has 5 heteroatoms. The molecule has 1 aromatic rings. The molecule has 1 heterocycles. The highest BCUT2D eigenvalue weighted by molar-refractivity contribution is 5.41. The Hall–Kier alpha value is -1.77. The normalized spacial score (nSPS) is 18.9. The van der Waals surface area contributed by atoms with Crippen LogP contribution in [0.15, 0.2) is 24.3 Å². The summed E-state index contributed by atoms with van der Waals surface area (Å²) in [5.74, 6) is 1.44. The summed E-state index contributed by atoms with van der Waals surface area (Å²) < 4.78 is 23.1. The second-order valence-corrected chi connectivity index (χ2v) is 5.86. The lowest BCUT2D eigenvalue weighted by Gasteiger charge is -2.37. The first-order valence-corrected chi connectivity index (χ1v) is 8.72. The summed E-state index contributed by atoms with van der Waals surface area (Å²) in [6.45, 7) is 7.46. The van der Waals surface area contributed by atoms with Gasteiger partial charge in [-0.25, -0.2) is 0 Å². The molecule has 2 rings (SSSR count). The number of para-hydroxylation sites is 2. The van der Waals surface area contributed by atoms with Crippen LogP contribution in [-0.4, -0.2) is 32.2 Å². The number of benzene rings is 1. The number of hydrogen-bond acceptors (Lipinski definition) is 5. The van der Waals surface area contributed by atoms with Crippen molar-refractivity contribution in [2.45, 2.75) is 52.4 Å². The van der Waals surface area contributed by atoms with Crippen molar-refractivity contribution in [2.75, 3.05) is 19.8 Å². The van der Waals surface area contributed by atoms with Crippen molar-refractivity contribution in [1.82, 2.24) is 0 Å². The predicted molar refractivity (Wildman–Crippen MR) is 91.0 cm³/mol. The molecule has 1 aromatic carbocycles. The van der Waals surface area contributed by atoms with Gasteiger partial charge in [0.25, 0.3) is 0 Å². The molecule has 0 fully saturated rings. The molecule has 132 valence electrons. The number of ether oxygens (including phenoxy) is 4. The van der Waals surface area contributed by atoms with Gasteiger partial charge in [0.15, 0.2) is 23.9 Å². The Labute approximate surface area is 144 Å². The molecule has 0 saturated heterocycles. The van der Waals surface area contributed by atoms with Gasteiger partial charge in [0, 0.05) is 19.6 Å². The van der Waals surface area contributed by atoms with Crippen LogP contribution in [0.5, 0.6) is 11.5 Å². The van der Waals surface area contributed by atoms with Gasteiger partial charge in [0.05, 0.1) is 11.5 Å². The van der Waals surface area contributed by atoms with E-state index in [2.05, 4.69) is 6.07 Å². The molecule has 2 unspecified atom stereocenters. The summed E-state index contributed by atoms with van der Waals surface area (Å²) in [5.41, 5.74) is -0.625. The summed E-state index contributed by atoms with van der Waals surface area (Å²) in [5, 5.41) is 9.88. The zero-order chi connectivity index (χ0) is 17.4. The molecule has 0 spiro atoms. The number of rotatable bonds is 9. The van der Waals surface area contributed by atoms with E-state index in [4.69, 9.17) is 18.9 Å². The second-order valence-electron chi connectivity index (χ2n) is 5.86. The van der Waals surface area contributed by atoms with Crippen LogP contribution in [0.4, 0.5) is 0 Å². The van der Waals surface area contributed by atoms with Crippen LogP contribution in [0.3, 0.4) is 0 Å². The lowest BCUT2D eigenvalue weighted by Crippen LogP contribution is -2.44. The first kappa shape index (κ1) is 18.6. The molecule has 0 N–H and O–H groups in total. The third-order valence-corrected chi connectivity index (χ3v) is 4.51. The standard InChI is InChI=1S/C19H27NO4/c1-4-19(14-20,12-11-18(21-5-2)22-6-3)17-13-23-15-9-7-8-10-16(15)24-17/h7-10,17-18H,4-6,11-13H2,1-3H3. The van der Waals surface area contributed by atoms with Crippen molar-refractivity contribution in [2.24, 2.45) is 5.41 Å². The molecule has 5 nitrogen and oxygen atoms in total. The lowest BCUT2D eigenvalue weighted by molar-refractivity contribution is -0.145. The second kappa shape index (κ2) is 8.91. The van der Waals surface area contributed by atoms with E-state index in [1.807, 2.05) is 45.0 Å². The van der Waals surface area contributed by atoms with Crippen molar-refractivity contribution < 1.29 is 18.9 Å². The van der Waals surface area contributed by atoms with E-state index in [1.165, 1.54) is 0 Å². The predicted octanol–water partition coefficient (Wildman–Crippen LogP) is 3.93. The van der Waals surface area contributed by atoms with Crippen molar-refractivity contribution in [3.05, 3.63) is 24.3 Å². The highest BCUT2D eigenvalue weighted by atomic mass is 16.7. The maximum absolute atomic E-state index is 9.88. The van der Waals surface area contributed by atoms with Gasteiger partial charge in [0.1, 0.15) is 6.61 Å². The average Bonchev–Trinajstić information content (AvgIpc) is 2.63. The van der Waals surface area contributed by atoms with Gasteiger partial charge in [-0.05, 0) is 38.8 Å². The Balaban J connectivity index is 2.09. The first-order valence-electron chi connectivity index (χ1n) is 8.72. The third-order valence-electron chi connectivity index (χ3n) is 4.51. The van der Waals surface area contributed by atoms with Crippen LogP contribution < -0.4 is 9.47 Å². The van der Waals surface area contributed by atoms with Crippen molar-refractivity contribution >= 4 is 0 Å². The minimum atomic E-state index is -0.625. The molecular formula is C19H27NO4. The first-order chi connectivity index (χ1) is 11.7. The van der Waals surface area contributed by atoms with Crippen LogP contribution in [0.25, 0.3) is 0 Å². The van der Waals surface area contributed by atoms with Gasteiger partial charge in [0.2, 0.25) is 0 Å². The maximum Gasteiger partial charge on any atom is 0.161 e. The van der Waals surface area contributed by atoms with Crippen LogP contribution in [0, 0.1) is 16.7 Å². The number of hydrogen-bond donors (Lipinski definition) is 0. The van der Waals surface area contributed by atoms with Gasteiger partial charge in [-0.15, -0.1) is 0 Å². The molecule has 2 atom stereocenters. The molecule has 1 aliphatic rings.